The lowest BCUT2D eigenvalue weighted by Crippen LogP contribution is -2.05. The van der Waals surface area contributed by atoms with E-state index < -0.39 is 18.5 Å². The van der Waals surface area contributed by atoms with Gasteiger partial charge in [0.25, 0.3) is 0 Å². The fourth-order valence-electron chi connectivity index (χ4n) is 6.52. The topological polar surface area (TPSA) is 176 Å². The van der Waals surface area contributed by atoms with Crippen LogP contribution in [0.3, 0.4) is 0 Å². The Morgan fingerprint density at radius 1 is 0.652 bits per heavy atom. The monoisotopic (exact) mass is 628 g/mol. The first kappa shape index (κ1) is 33.3. The maximum atomic E-state index is 11.6. The number of carbonyl (C=O) groups is 1. The number of rotatable bonds is 11. The number of aliphatic hydroxyl groups excluding tert-OH is 2. The summed E-state index contributed by atoms with van der Waals surface area (Å²) in [4.78, 5) is 28.8. The fraction of sp³-hybridized carbons (Fsp3) is 0.417. The largest absolute Gasteiger partial charge is 0.481 e. The quantitative estimate of drug-likeness (QED) is 0.128. The number of aromatic nitrogens is 4. The Labute approximate surface area is 268 Å². The number of aryl methyl sites for hydroxylation is 4. The molecule has 0 spiro atoms. The third-order valence-corrected chi connectivity index (χ3v) is 9.19. The van der Waals surface area contributed by atoms with Crippen LogP contribution in [0.5, 0.6) is 0 Å². The van der Waals surface area contributed by atoms with Crippen molar-refractivity contribution in [3.05, 3.63) is 69.3 Å². The molecule has 0 radical (unpaired) electrons. The minimum atomic E-state index is -1.46. The van der Waals surface area contributed by atoms with E-state index in [1.54, 1.807) is 0 Å². The van der Waals surface area contributed by atoms with Gasteiger partial charge in [-0.15, -0.1) is 0 Å². The van der Waals surface area contributed by atoms with Crippen LogP contribution in [0.25, 0.3) is 44.4 Å². The molecular formula is C36H44N4O6. The summed E-state index contributed by atoms with van der Waals surface area (Å²) in [7, 11) is 0. The van der Waals surface area contributed by atoms with Crippen LogP contribution in [-0.4, -0.2) is 64.0 Å². The highest BCUT2D eigenvalue weighted by atomic mass is 16.5. The Morgan fingerprint density at radius 3 is 1.54 bits per heavy atom. The van der Waals surface area contributed by atoms with Crippen molar-refractivity contribution < 1.29 is 30.3 Å². The molecule has 2 aliphatic heterocycles. The number of fused-ring (bicyclic) bond motifs is 8. The Hall–Kier alpha value is -4.09. The number of H-pyrrole nitrogens is 2. The summed E-state index contributed by atoms with van der Waals surface area (Å²) in [6.45, 7) is 10.2. The van der Waals surface area contributed by atoms with E-state index >= 15 is 0 Å². The molecule has 0 saturated carbocycles. The minimum Gasteiger partial charge on any atom is -0.481 e. The van der Waals surface area contributed by atoms with Crippen molar-refractivity contribution in [2.75, 3.05) is 0 Å². The van der Waals surface area contributed by atoms with Crippen LogP contribution in [0.2, 0.25) is 0 Å². The lowest BCUT2D eigenvalue weighted by Gasteiger charge is -2.06. The van der Waals surface area contributed by atoms with Gasteiger partial charge in [-0.05, 0) is 122 Å². The second kappa shape index (κ2) is 13.7. The van der Waals surface area contributed by atoms with E-state index in [1.165, 1.54) is 0 Å². The third-order valence-electron chi connectivity index (χ3n) is 9.19. The molecule has 0 fully saturated rings. The summed E-state index contributed by atoms with van der Waals surface area (Å²) in [5.41, 5.74) is 14.2. The van der Waals surface area contributed by atoms with E-state index in [2.05, 4.69) is 29.9 Å². The molecule has 2 aliphatic rings. The summed E-state index contributed by atoms with van der Waals surface area (Å²) in [6, 6.07) is 7.99. The van der Waals surface area contributed by atoms with Gasteiger partial charge >= 0.3 is 5.97 Å². The Balaban J connectivity index is 1.90. The summed E-state index contributed by atoms with van der Waals surface area (Å²) < 4.78 is 0. The SMILES string of the molecule is CCCC1=C(C)c2cc3[nH]c(cc4nc(cc5[nH]c(cc1n2)c(C)c5CCC(O)O)C(C)=C4CCC(O)O)c(C)c3CCC(=O)O. The fourth-order valence-corrected chi connectivity index (χ4v) is 6.52. The van der Waals surface area contributed by atoms with Crippen LogP contribution in [-0.2, 0) is 17.6 Å². The van der Waals surface area contributed by atoms with Crippen LogP contribution < -0.4 is 0 Å². The van der Waals surface area contributed by atoms with E-state index in [4.69, 9.17) is 9.97 Å². The zero-order chi connectivity index (χ0) is 33.3. The zero-order valence-corrected chi connectivity index (χ0v) is 27.2. The van der Waals surface area contributed by atoms with Gasteiger partial charge in [0.1, 0.15) is 0 Å². The minimum absolute atomic E-state index is 0.0111. The van der Waals surface area contributed by atoms with Gasteiger partial charge in [0, 0.05) is 41.3 Å². The average Bonchev–Trinajstić information content (AvgIpc) is 3.64. The van der Waals surface area contributed by atoms with Crippen molar-refractivity contribution in [3.8, 4) is 0 Å². The number of carboxylic acids is 1. The molecule has 10 nitrogen and oxygen atoms in total. The molecule has 0 amide bonds. The standard InChI is InChI=1S/C36H44N4O6/c1-6-7-22-18(2)26-15-31-24(9-12-35(43)44)20(4)28(39-31)17-33-25(10-13-36(45)46)21(5)29(40-33)16-32-23(8-11-34(41)42)19(3)27(38-32)14-30(22)37-26/h14-17,34,36,38-39,41-42,45-46H,6-13H2,1-5H3,(H,43,44). The average molecular weight is 629 g/mol. The first-order valence-electron chi connectivity index (χ1n) is 16.0. The zero-order valence-electron chi connectivity index (χ0n) is 27.2. The van der Waals surface area contributed by atoms with Gasteiger partial charge in [0.2, 0.25) is 0 Å². The number of carboxylic acid groups (broad SMARTS) is 1. The number of aromatic amines is 2. The molecule has 5 heterocycles. The summed E-state index contributed by atoms with van der Waals surface area (Å²) in [6.07, 6.45) is 0.393. The van der Waals surface area contributed by atoms with E-state index in [-0.39, 0.29) is 19.3 Å². The van der Waals surface area contributed by atoms with Crippen molar-refractivity contribution in [3.63, 3.8) is 0 Å². The molecule has 3 aromatic rings. The van der Waals surface area contributed by atoms with Crippen LogP contribution in [0.1, 0.15) is 104 Å². The molecule has 0 aromatic carbocycles. The molecule has 8 bridgehead atoms. The molecule has 46 heavy (non-hydrogen) atoms. The lowest BCUT2D eigenvalue weighted by molar-refractivity contribution is -0.136. The Morgan fingerprint density at radius 2 is 1.09 bits per heavy atom. The molecule has 10 heteroatoms. The van der Waals surface area contributed by atoms with Crippen molar-refractivity contribution in [2.45, 2.75) is 98.6 Å². The lowest BCUT2D eigenvalue weighted by atomic mass is 9.99. The first-order chi connectivity index (χ1) is 21.9. The number of hydrogen-bond donors (Lipinski definition) is 7. The summed E-state index contributed by atoms with van der Waals surface area (Å²) in [5.74, 6) is -0.869. The molecule has 244 valence electrons. The first-order valence-corrected chi connectivity index (χ1v) is 16.0. The number of aliphatic carboxylic acids is 1. The Bertz CT molecular complexity index is 1890. The van der Waals surface area contributed by atoms with Gasteiger partial charge in [-0.2, -0.15) is 0 Å². The Kier molecular flexibility index (Phi) is 9.93. The van der Waals surface area contributed by atoms with Crippen molar-refractivity contribution in [1.82, 2.24) is 19.9 Å². The normalized spacial score (nSPS) is 13.5. The predicted molar refractivity (Wildman–Crippen MR) is 180 cm³/mol. The molecule has 0 unspecified atom stereocenters. The maximum Gasteiger partial charge on any atom is 0.303 e. The number of nitrogens with zero attached hydrogens (tertiary/aromatic N) is 2. The van der Waals surface area contributed by atoms with E-state index in [9.17, 15) is 30.3 Å². The number of nitrogens with one attached hydrogen (secondary N) is 2. The highest BCUT2D eigenvalue weighted by Crippen LogP contribution is 2.37. The summed E-state index contributed by atoms with van der Waals surface area (Å²) >= 11 is 0. The molecule has 5 rings (SSSR count). The van der Waals surface area contributed by atoms with Gasteiger partial charge in [0.15, 0.2) is 12.6 Å². The number of aliphatic hydroxyl groups is 4. The van der Waals surface area contributed by atoms with E-state index in [1.807, 2.05) is 39.0 Å². The molecule has 0 saturated heterocycles. The number of allylic oxidation sites excluding steroid dienone is 4. The predicted octanol–water partition coefficient (Wildman–Crippen LogP) is 5.94. The highest BCUT2D eigenvalue weighted by Gasteiger charge is 2.21. The maximum absolute atomic E-state index is 11.6. The smallest absolute Gasteiger partial charge is 0.303 e. The van der Waals surface area contributed by atoms with Gasteiger partial charge in [-0.1, -0.05) is 13.3 Å². The second-order valence-corrected chi connectivity index (χ2v) is 12.3. The van der Waals surface area contributed by atoms with Crippen molar-refractivity contribution in [1.29, 1.82) is 0 Å². The van der Waals surface area contributed by atoms with Crippen LogP contribution in [0, 0.1) is 13.8 Å². The van der Waals surface area contributed by atoms with E-state index in [0.29, 0.717) is 25.0 Å². The molecule has 3 aromatic heterocycles. The third kappa shape index (κ3) is 6.85. The second-order valence-electron chi connectivity index (χ2n) is 12.3. The van der Waals surface area contributed by atoms with E-state index in [0.717, 1.165) is 96.5 Å². The van der Waals surface area contributed by atoms with Crippen LogP contribution in [0.15, 0.2) is 24.3 Å². The summed E-state index contributed by atoms with van der Waals surface area (Å²) in [5, 5.41) is 48.3. The molecule has 7 N–H and O–H groups in total. The van der Waals surface area contributed by atoms with Gasteiger partial charge < -0.3 is 35.5 Å². The van der Waals surface area contributed by atoms with Crippen molar-refractivity contribution >= 4 is 50.3 Å². The highest BCUT2D eigenvalue weighted by molar-refractivity contribution is 5.95. The van der Waals surface area contributed by atoms with Gasteiger partial charge in [-0.3, -0.25) is 4.79 Å². The molecule has 0 aliphatic carbocycles. The number of hydrogen-bond acceptors (Lipinski definition) is 7. The van der Waals surface area contributed by atoms with Gasteiger partial charge in [0.05, 0.1) is 22.8 Å². The van der Waals surface area contributed by atoms with Crippen LogP contribution >= 0.6 is 0 Å². The van der Waals surface area contributed by atoms with Gasteiger partial charge in [-0.25, -0.2) is 9.97 Å². The van der Waals surface area contributed by atoms with Crippen molar-refractivity contribution in [2.24, 2.45) is 0 Å². The van der Waals surface area contributed by atoms with Crippen LogP contribution in [0.4, 0.5) is 0 Å². The molecule has 0 atom stereocenters. The molecular weight excluding hydrogens is 584 g/mol.